The lowest BCUT2D eigenvalue weighted by Crippen LogP contribution is -2.39. The number of H-pyrrole nitrogens is 1. The van der Waals surface area contributed by atoms with Gasteiger partial charge in [-0.15, -0.1) is 0 Å². The Morgan fingerprint density at radius 2 is 2.21 bits per heavy atom. The minimum absolute atomic E-state index is 0.173. The van der Waals surface area contributed by atoms with Gasteiger partial charge in [-0.3, -0.25) is 14.7 Å². The molecule has 2 aromatic rings. The summed E-state index contributed by atoms with van der Waals surface area (Å²) >= 11 is 0. The molecule has 1 aromatic carbocycles. The summed E-state index contributed by atoms with van der Waals surface area (Å²) in [4.78, 5) is 24.1. The number of fused-ring (bicyclic) bond motifs is 1. The largest absolute Gasteiger partial charge is 0.394 e. The van der Waals surface area contributed by atoms with Crippen LogP contribution in [-0.4, -0.2) is 33.9 Å². The number of nitrogens with one attached hydrogen (secondary N) is 2. The van der Waals surface area contributed by atoms with E-state index in [1.807, 2.05) is 6.92 Å². The molecule has 6 heteroatoms. The van der Waals surface area contributed by atoms with Gasteiger partial charge in [0.1, 0.15) is 0 Å². The van der Waals surface area contributed by atoms with Gasteiger partial charge in [0, 0.05) is 5.39 Å². The zero-order valence-electron chi connectivity index (χ0n) is 10.5. The minimum Gasteiger partial charge on any atom is -0.394 e. The van der Waals surface area contributed by atoms with Crippen molar-refractivity contribution < 1.29 is 9.90 Å². The highest BCUT2D eigenvalue weighted by molar-refractivity contribution is 5.95. The molecule has 3 N–H and O–H groups in total. The standard InChI is InChI=1S/C13H15N3O3/c1-2-8(7-17)14-13(19)11-12(18)9-5-3-4-6-10(9)15-16-11/h3-6,8,17H,2,7H2,1H3,(H,14,19)(H,15,18). The summed E-state index contributed by atoms with van der Waals surface area (Å²) in [6.45, 7) is 1.66. The van der Waals surface area contributed by atoms with E-state index in [0.29, 0.717) is 17.3 Å². The smallest absolute Gasteiger partial charge is 0.276 e. The average Bonchev–Trinajstić information content (AvgIpc) is 2.45. The van der Waals surface area contributed by atoms with Crippen molar-refractivity contribution in [1.82, 2.24) is 15.5 Å². The molecule has 0 saturated heterocycles. The molecule has 2 rings (SSSR count). The fourth-order valence-electron chi connectivity index (χ4n) is 1.76. The second-order valence-electron chi connectivity index (χ2n) is 4.21. The maximum Gasteiger partial charge on any atom is 0.276 e. The molecule has 19 heavy (non-hydrogen) atoms. The van der Waals surface area contributed by atoms with E-state index in [0.717, 1.165) is 0 Å². The molecule has 0 spiro atoms. The van der Waals surface area contributed by atoms with Crippen LogP contribution in [0.1, 0.15) is 23.8 Å². The van der Waals surface area contributed by atoms with Gasteiger partial charge in [0.15, 0.2) is 5.69 Å². The Balaban J connectivity index is 2.38. The number of carbonyl (C=O) groups is 1. The van der Waals surface area contributed by atoms with Crippen LogP contribution in [0.5, 0.6) is 0 Å². The molecular formula is C13H15N3O3. The Morgan fingerprint density at radius 1 is 1.47 bits per heavy atom. The number of carbonyl (C=O) groups excluding carboxylic acids is 1. The number of aliphatic hydroxyl groups is 1. The number of hydrogen-bond acceptors (Lipinski definition) is 4. The number of para-hydroxylation sites is 1. The Labute approximate surface area is 109 Å². The Kier molecular flexibility index (Phi) is 3.91. The summed E-state index contributed by atoms with van der Waals surface area (Å²) in [7, 11) is 0. The van der Waals surface area contributed by atoms with Crippen LogP contribution in [0.2, 0.25) is 0 Å². The number of nitrogens with zero attached hydrogens (tertiary/aromatic N) is 1. The van der Waals surface area contributed by atoms with Crippen molar-refractivity contribution in [1.29, 1.82) is 0 Å². The van der Waals surface area contributed by atoms with Gasteiger partial charge in [0.25, 0.3) is 5.91 Å². The zero-order valence-corrected chi connectivity index (χ0v) is 10.5. The van der Waals surface area contributed by atoms with E-state index < -0.39 is 11.3 Å². The van der Waals surface area contributed by atoms with Gasteiger partial charge < -0.3 is 10.4 Å². The predicted molar refractivity (Wildman–Crippen MR) is 71.0 cm³/mol. The maximum atomic E-state index is 12.1. The van der Waals surface area contributed by atoms with Crippen molar-refractivity contribution in [3.63, 3.8) is 0 Å². The lowest BCUT2D eigenvalue weighted by Gasteiger charge is -2.13. The van der Waals surface area contributed by atoms with Gasteiger partial charge in [-0.25, -0.2) is 0 Å². The molecule has 0 aliphatic carbocycles. The summed E-state index contributed by atoms with van der Waals surface area (Å²) in [5, 5.41) is 18.5. The van der Waals surface area contributed by atoms with Crippen LogP contribution in [0.25, 0.3) is 10.9 Å². The molecule has 100 valence electrons. The minimum atomic E-state index is -0.576. The molecule has 6 nitrogen and oxygen atoms in total. The monoisotopic (exact) mass is 261 g/mol. The van der Waals surface area contributed by atoms with E-state index in [1.165, 1.54) is 0 Å². The first-order valence-corrected chi connectivity index (χ1v) is 6.06. The topological polar surface area (TPSA) is 95.1 Å². The van der Waals surface area contributed by atoms with Gasteiger partial charge in [-0.2, -0.15) is 5.10 Å². The van der Waals surface area contributed by atoms with Crippen molar-refractivity contribution in [2.24, 2.45) is 0 Å². The van der Waals surface area contributed by atoms with Crippen molar-refractivity contribution in [3.05, 3.63) is 40.2 Å². The lowest BCUT2D eigenvalue weighted by molar-refractivity contribution is 0.0908. The van der Waals surface area contributed by atoms with Gasteiger partial charge in [0.05, 0.1) is 18.2 Å². The van der Waals surface area contributed by atoms with Crippen molar-refractivity contribution >= 4 is 16.8 Å². The van der Waals surface area contributed by atoms with Gasteiger partial charge >= 0.3 is 0 Å². The number of hydrogen-bond donors (Lipinski definition) is 3. The number of amides is 1. The molecule has 1 atom stereocenters. The average molecular weight is 261 g/mol. The quantitative estimate of drug-likeness (QED) is 0.743. The number of aromatic nitrogens is 2. The zero-order chi connectivity index (χ0) is 13.8. The molecule has 1 unspecified atom stereocenters. The molecule has 0 fully saturated rings. The highest BCUT2D eigenvalue weighted by atomic mass is 16.3. The number of aliphatic hydroxyl groups excluding tert-OH is 1. The molecule has 0 aliphatic heterocycles. The van der Waals surface area contributed by atoms with E-state index in [2.05, 4.69) is 15.5 Å². The number of rotatable bonds is 4. The van der Waals surface area contributed by atoms with Crippen molar-refractivity contribution in [3.8, 4) is 0 Å². The van der Waals surface area contributed by atoms with Crippen LogP contribution in [-0.2, 0) is 0 Å². The van der Waals surface area contributed by atoms with E-state index in [4.69, 9.17) is 5.11 Å². The number of aromatic amines is 1. The maximum absolute atomic E-state index is 12.1. The Bertz CT molecular complexity index is 647. The van der Waals surface area contributed by atoms with E-state index >= 15 is 0 Å². The molecular weight excluding hydrogens is 246 g/mol. The second-order valence-corrected chi connectivity index (χ2v) is 4.21. The summed E-state index contributed by atoms with van der Waals surface area (Å²) < 4.78 is 0. The summed E-state index contributed by atoms with van der Waals surface area (Å²) in [6.07, 6.45) is 0.577. The third-order valence-electron chi connectivity index (χ3n) is 2.94. The summed E-state index contributed by atoms with van der Waals surface area (Å²) in [6, 6.07) is 6.48. The fourth-order valence-corrected chi connectivity index (χ4v) is 1.76. The van der Waals surface area contributed by atoms with Gasteiger partial charge in [0.2, 0.25) is 5.43 Å². The van der Waals surface area contributed by atoms with Crippen LogP contribution in [0.15, 0.2) is 29.1 Å². The highest BCUT2D eigenvalue weighted by Gasteiger charge is 2.17. The highest BCUT2D eigenvalue weighted by Crippen LogP contribution is 2.05. The predicted octanol–water partition coefficient (Wildman–Crippen LogP) is 0.424. The summed E-state index contributed by atoms with van der Waals surface area (Å²) in [5.41, 5.74) is -0.0245. The molecule has 0 bridgehead atoms. The first kappa shape index (κ1) is 13.2. The van der Waals surface area contributed by atoms with Crippen molar-refractivity contribution in [2.45, 2.75) is 19.4 Å². The summed E-state index contributed by atoms with van der Waals surface area (Å²) in [5.74, 6) is -0.576. The van der Waals surface area contributed by atoms with Crippen molar-refractivity contribution in [2.75, 3.05) is 6.61 Å². The molecule has 1 aromatic heterocycles. The molecule has 1 amide bonds. The van der Waals surface area contributed by atoms with E-state index in [-0.39, 0.29) is 18.3 Å². The van der Waals surface area contributed by atoms with E-state index in [1.54, 1.807) is 24.3 Å². The molecule has 1 heterocycles. The Hall–Kier alpha value is -2.21. The SMILES string of the molecule is CCC(CO)NC(=O)c1n[nH]c2ccccc2c1=O. The van der Waals surface area contributed by atoms with Crippen LogP contribution < -0.4 is 10.7 Å². The van der Waals surface area contributed by atoms with Crippen LogP contribution in [0.3, 0.4) is 0 Å². The fraction of sp³-hybridized carbons (Fsp3) is 0.308. The van der Waals surface area contributed by atoms with E-state index in [9.17, 15) is 9.59 Å². The Morgan fingerprint density at radius 3 is 2.89 bits per heavy atom. The van der Waals surface area contributed by atoms with Crippen LogP contribution in [0, 0.1) is 0 Å². The van der Waals surface area contributed by atoms with Gasteiger partial charge in [-0.1, -0.05) is 19.1 Å². The first-order chi connectivity index (χ1) is 9.17. The normalized spacial score (nSPS) is 12.3. The molecule has 0 aliphatic rings. The molecule has 0 radical (unpaired) electrons. The number of benzene rings is 1. The third kappa shape index (κ3) is 2.63. The molecule has 0 saturated carbocycles. The third-order valence-corrected chi connectivity index (χ3v) is 2.94. The lowest BCUT2D eigenvalue weighted by atomic mass is 10.2. The first-order valence-electron chi connectivity index (χ1n) is 6.06. The van der Waals surface area contributed by atoms with Gasteiger partial charge in [-0.05, 0) is 18.6 Å². The van der Waals surface area contributed by atoms with Crippen LogP contribution >= 0.6 is 0 Å². The second kappa shape index (κ2) is 5.62. The van der Waals surface area contributed by atoms with Crippen LogP contribution in [0.4, 0.5) is 0 Å².